The first-order valence-electron chi connectivity index (χ1n) is 10.6. The number of hydrogen-bond donors (Lipinski definition) is 0. The second kappa shape index (κ2) is 7.98. The van der Waals surface area contributed by atoms with Crippen molar-refractivity contribution in [2.75, 3.05) is 17.2 Å². The first-order valence-corrected chi connectivity index (χ1v) is 12.0. The lowest BCUT2D eigenvalue weighted by atomic mass is 10.0. The van der Waals surface area contributed by atoms with Crippen molar-refractivity contribution < 1.29 is 9.59 Å². The van der Waals surface area contributed by atoms with Gasteiger partial charge in [0.15, 0.2) is 4.87 Å². The Balaban J connectivity index is 1.59. The fourth-order valence-corrected chi connectivity index (χ4v) is 6.21. The Morgan fingerprint density at radius 3 is 2.53 bits per heavy atom. The van der Waals surface area contributed by atoms with Crippen molar-refractivity contribution in [1.29, 1.82) is 0 Å². The Kier molecular flexibility index (Phi) is 5.26. The number of carbonyl (C=O) groups is 2. The molecule has 6 heteroatoms. The highest BCUT2D eigenvalue weighted by Gasteiger charge is 2.59. The largest absolute Gasteiger partial charge is 0.311 e. The molecule has 2 amide bonds. The minimum atomic E-state index is -1.04. The van der Waals surface area contributed by atoms with Crippen LogP contribution in [-0.4, -0.2) is 29.0 Å². The number of hydrogen-bond acceptors (Lipinski definition) is 3. The Morgan fingerprint density at radius 2 is 1.78 bits per heavy atom. The normalized spacial score (nSPS) is 19.7. The number of rotatable bonds is 3. The van der Waals surface area contributed by atoms with E-state index < -0.39 is 4.87 Å². The van der Waals surface area contributed by atoms with Gasteiger partial charge in [-0.25, -0.2) is 0 Å². The van der Waals surface area contributed by atoms with Crippen LogP contribution >= 0.6 is 23.4 Å². The molecule has 3 aromatic rings. The number of aryl methyl sites for hydroxylation is 2. The van der Waals surface area contributed by atoms with Crippen LogP contribution in [0.1, 0.15) is 32.6 Å². The number of amides is 2. The predicted octanol–water partition coefficient (Wildman–Crippen LogP) is 5.55. The van der Waals surface area contributed by atoms with Crippen LogP contribution in [0.15, 0.2) is 66.7 Å². The van der Waals surface area contributed by atoms with Gasteiger partial charge in [0.2, 0.25) is 0 Å². The van der Waals surface area contributed by atoms with Gasteiger partial charge in [0.05, 0.1) is 12.2 Å². The molecule has 2 aliphatic heterocycles. The molecule has 5 rings (SSSR count). The molecule has 162 valence electrons. The minimum Gasteiger partial charge on any atom is -0.311 e. The minimum absolute atomic E-state index is 0.0515. The summed E-state index contributed by atoms with van der Waals surface area (Å²) in [5.74, 6) is 0.505. The molecule has 1 atom stereocenters. The lowest BCUT2D eigenvalue weighted by Gasteiger charge is -2.33. The summed E-state index contributed by atoms with van der Waals surface area (Å²) in [6.07, 6.45) is 0. The molecule has 2 heterocycles. The van der Waals surface area contributed by atoms with Gasteiger partial charge in [-0.1, -0.05) is 59.1 Å². The molecule has 0 saturated carbocycles. The quantitative estimate of drug-likeness (QED) is 0.512. The zero-order chi connectivity index (χ0) is 22.5. The summed E-state index contributed by atoms with van der Waals surface area (Å²) in [4.78, 5) is 30.2. The number of anilines is 1. The Hall–Kier alpha value is -2.76. The van der Waals surface area contributed by atoms with Crippen LogP contribution < -0.4 is 4.90 Å². The van der Waals surface area contributed by atoms with E-state index in [1.54, 1.807) is 40.9 Å². The van der Waals surface area contributed by atoms with Gasteiger partial charge in [0.25, 0.3) is 11.8 Å². The third-order valence-electron chi connectivity index (χ3n) is 6.11. The number of benzene rings is 3. The first-order chi connectivity index (χ1) is 15.4. The average Bonchev–Trinajstić information content (AvgIpc) is 3.31. The molecule has 4 nitrogen and oxygen atoms in total. The summed E-state index contributed by atoms with van der Waals surface area (Å²) >= 11 is 7.57. The molecule has 0 bridgehead atoms. The van der Waals surface area contributed by atoms with E-state index in [2.05, 4.69) is 12.1 Å². The smallest absolute Gasteiger partial charge is 0.268 e. The molecule has 0 aliphatic carbocycles. The lowest BCUT2D eigenvalue weighted by Crippen LogP contribution is -2.50. The Morgan fingerprint density at radius 1 is 1.03 bits per heavy atom. The van der Waals surface area contributed by atoms with Crippen LogP contribution in [-0.2, 0) is 16.2 Å². The van der Waals surface area contributed by atoms with Gasteiger partial charge >= 0.3 is 0 Å². The lowest BCUT2D eigenvalue weighted by molar-refractivity contribution is -0.123. The molecule has 1 saturated heterocycles. The van der Waals surface area contributed by atoms with Gasteiger partial charge in [0.1, 0.15) is 0 Å². The maximum Gasteiger partial charge on any atom is 0.268 e. The van der Waals surface area contributed by atoms with E-state index in [1.807, 2.05) is 49.1 Å². The van der Waals surface area contributed by atoms with E-state index in [1.165, 1.54) is 0 Å². The molecule has 1 spiro atoms. The monoisotopic (exact) mass is 462 g/mol. The molecule has 0 N–H and O–H groups in total. The van der Waals surface area contributed by atoms with Crippen molar-refractivity contribution in [3.63, 3.8) is 0 Å². The van der Waals surface area contributed by atoms with Crippen LogP contribution in [0, 0.1) is 13.8 Å². The van der Waals surface area contributed by atoms with Crippen LogP contribution in [0.4, 0.5) is 5.69 Å². The highest BCUT2D eigenvalue weighted by Crippen LogP contribution is 2.55. The van der Waals surface area contributed by atoms with Gasteiger partial charge in [0, 0.05) is 28.4 Å². The topological polar surface area (TPSA) is 40.6 Å². The maximum absolute atomic E-state index is 14.1. The summed E-state index contributed by atoms with van der Waals surface area (Å²) in [5, 5.41) is 0.578. The third kappa shape index (κ3) is 3.31. The molecular weight excluding hydrogens is 440 g/mol. The van der Waals surface area contributed by atoms with E-state index in [0.717, 1.165) is 27.9 Å². The van der Waals surface area contributed by atoms with Crippen molar-refractivity contribution in [2.45, 2.75) is 25.3 Å². The summed E-state index contributed by atoms with van der Waals surface area (Å²) in [6, 6.07) is 21.2. The van der Waals surface area contributed by atoms with Crippen molar-refractivity contribution in [2.24, 2.45) is 0 Å². The zero-order valence-corrected chi connectivity index (χ0v) is 19.5. The van der Waals surface area contributed by atoms with Crippen molar-refractivity contribution in [1.82, 2.24) is 4.90 Å². The summed E-state index contributed by atoms with van der Waals surface area (Å²) < 4.78 is 0. The van der Waals surface area contributed by atoms with Crippen LogP contribution in [0.2, 0.25) is 5.02 Å². The molecular formula is C26H23ClN2O2S. The maximum atomic E-state index is 14.1. The van der Waals surface area contributed by atoms with Crippen molar-refractivity contribution in [3.05, 3.63) is 99.6 Å². The molecule has 2 aliphatic rings. The third-order valence-corrected chi connectivity index (χ3v) is 7.78. The second-order valence-electron chi connectivity index (χ2n) is 8.36. The molecule has 1 fully saturated rings. The molecule has 32 heavy (non-hydrogen) atoms. The Labute approximate surface area is 197 Å². The predicted molar refractivity (Wildman–Crippen MR) is 130 cm³/mol. The number of fused-ring (bicyclic) bond motifs is 2. The summed E-state index contributed by atoms with van der Waals surface area (Å²) in [7, 11) is 0. The highest BCUT2D eigenvalue weighted by atomic mass is 35.5. The van der Waals surface area contributed by atoms with Crippen molar-refractivity contribution >= 4 is 40.9 Å². The van der Waals surface area contributed by atoms with Gasteiger partial charge in [-0.05, 0) is 49.7 Å². The van der Waals surface area contributed by atoms with Crippen LogP contribution in [0.5, 0.6) is 0 Å². The fourth-order valence-electron chi connectivity index (χ4n) is 4.63. The highest BCUT2D eigenvalue weighted by molar-refractivity contribution is 8.01. The Bertz CT molecular complexity index is 1230. The van der Waals surface area contributed by atoms with Gasteiger partial charge in [-0.2, -0.15) is 0 Å². The van der Waals surface area contributed by atoms with E-state index >= 15 is 0 Å². The van der Waals surface area contributed by atoms with Crippen LogP contribution in [0.25, 0.3) is 0 Å². The standard InChI is InChI=1S/C26H23ClN2O2S/c1-17-4-3-5-19(14-17)16-28-23-11-6-18(2)15-22(23)26(25(28)31)29(12-13-32-26)24(30)20-7-9-21(27)10-8-20/h3-11,14-15H,12-13,16H2,1-2H3/t26-/m0/s1. The molecule has 0 aromatic heterocycles. The number of carbonyl (C=O) groups excluding carboxylic acids is 2. The molecule has 0 radical (unpaired) electrons. The SMILES string of the molecule is Cc1cccc(CN2C(=O)[C@@]3(SCCN3C(=O)c3ccc(Cl)cc3)c3cc(C)ccc32)c1. The molecule has 0 unspecified atom stereocenters. The fraction of sp³-hybridized carbons (Fsp3) is 0.231. The van der Waals surface area contributed by atoms with Gasteiger partial charge in [-0.15, -0.1) is 11.8 Å². The van der Waals surface area contributed by atoms with E-state index in [4.69, 9.17) is 11.6 Å². The second-order valence-corrected chi connectivity index (χ2v) is 10.1. The first kappa shape index (κ1) is 21.1. The van der Waals surface area contributed by atoms with E-state index in [-0.39, 0.29) is 11.8 Å². The van der Waals surface area contributed by atoms with Gasteiger partial charge in [-0.3, -0.25) is 9.59 Å². The number of thioether (sulfide) groups is 1. The van der Waals surface area contributed by atoms with Crippen LogP contribution in [0.3, 0.4) is 0 Å². The zero-order valence-electron chi connectivity index (χ0n) is 18.0. The van der Waals surface area contributed by atoms with Gasteiger partial charge < -0.3 is 9.80 Å². The van der Waals surface area contributed by atoms with Crippen molar-refractivity contribution in [3.8, 4) is 0 Å². The number of nitrogens with zero attached hydrogens (tertiary/aromatic N) is 2. The van der Waals surface area contributed by atoms with E-state index in [9.17, 15) is 9.59 Å². The van der Waals surface area contributed by atoms with E-state index in [0.29, 0.717) is 29.4 Å². The average molecular weight is 463 g/mol. The summed E-state index contributed by atoms with van der Waals surface area (Å²) in [6.45, 7) is 5.06. The summed E-state index contributed by atoms with van der Waals surface area (Å²) in [5.41, 5.74) is 5.61. The molecule has 3 aromatic carbocycles. The number of halogens is 1.